The first-order valence-corrected chi connectivity index (χ1v) is 13.1. The van der Waals surface area contributed by atoms with Crippen LogP contribution < -0.4 is 4.74 Å². The summed E-state index contributed by atoms with van der Waals surface area (Å²) in [4.78, 5) is 15.2. The second kappa shape index (κ2) is 9.74. The van der Waals surface area contributed by atoms with Gasteiger partial charge in [0.15, 0.2) is 0 Å². The normalized spacial score (nSPS) is 19.4. The largest absolute Gasteiger partial charge is 0.490 e. The number of fused-ring (bicyclic) bond motifs is 1. The molecule has 34 heavy (non-hydrogen) atoms. The molecule has 2 saturated heterocycles. The van der Waals surface area contributed by atoms with Gasteiger partial charge >= 0.3 is 0 Å². The number of sulfonamides is 1. The van der Waals surface area contributed by atoms with Crippen molar-refractivity contribution in [1.82, 2.24) is 9.21 Å². The highest BCUT2D eigenvalue weighted by Crippen LogP contribution is 2.25. The molecule has 0 radical (unpaired) electrons. The minimum atomic E-state index is -3.64. The van der Waals surface area contributed by atoms with Gasteiger partial charge in [-0.1, -0.05) is 42.5 Å². The topological polar surface area (TPSA) is 76.2 Å². The van der Waals surface area contributed by atoms with Crippen molar-refractivity contribution < 1.29 is 22.7 Å². The third-order valence-corrected chi connectivity index (χ3v) is 8.35. The first-order valence-electron chi connectivity index (χ1n) is 11.6. The average Bonchev–Trinajstić information content (AvgIpc) is 3.41. The lowest BCUT2D eigenvalue weighted by Crippen LogP contribution is -2.50. The van der Waals surface area contributed by atoms with E-state index in [4.69, 9.17) is 9.47 Å². The monoisotopic (exact) mass is 480 g/mol. The highest BCUT2D eigenvalue weighted by molar-refractivity contribution is 7.89. The molecule has 3 aromatic rings. The summed E-state index contributed by atoms with van der Waals surface area (Å²) in [6.07, 6.45) is 2.05. The number of benzene rings is 3. The van der Waals surface area contributed by atoms with E-state index in [-0.39, 0.29) is 30.0 Å². The molecule has 1 amide bonds. The van der Waals surface area contributed by atoms with E-state index in [0.717, 1.165) is 30.2 Å². The van der Waals surface area contributed by atoms with E-state index in [1.807, 2.05) is 42.5 Å². The van der Waals surface area contributed by atoms with Crippen LogP contribution in [-0.2, 0) is 14.8 Å². The predicted octanol–water partition coefficient (Wildman–Crippen LogP) is 3.54. The number of hydrogen-bond acceptors (Lipinski definition) is 5. The standard InChI is InChI=1S/C26H28N2O5S/c29-26(24-9-3-4-10-25(24)33-19-22-8-5-17-32-22)27-13-15-28(16-14-27)34(30,31)23-12-11-20-6-1-2-7-21(20)18-23/h1-4,6-7,9-12,18,22H,5,8,13-17,19H2. The third-order valence-electron chi connectivity index (χ3n) is 6.45. The Kier molecular flexibility index (Phi) is 6.54. The molecule has 2 fully saturated rings. The van der Waals surface area contributed by atoms with Gasteiger partial charge in [0, 0.05) is 32.8 Å². The average molecular weight is 481 g/mol. The van der Waals surface area contributed by atoms with Crippen molar-refractivity contribution in [3.63, 3.8) is 0 Å². The summed E-state index contributed by atoms with van der Waals surface area (Å²) < 4.78 is 39.5. The number of carbonyl (C=O) groups excluding carboxylic acids is 1. The van der Waals surface area contributed by atoms with Crippen LogP contribution >= 0.6 is 0 Å². The van der Waals surface area contributed by atoms with Crippen molar-refractivity contribution in [1.29, 1.82) is 0 Å². The number of amides is 1. The molecule has 8 heteroatoms. The van der Waals surface area contributed by atoms with Crippen molar-refractivity contribution in [3.05, 3.63) is 72.3 Å². The molecule has 0 N–H and O–H groups in total. The maximum Gasteiger partial charge on any atom is 0.257 e. The van der Waals surface area contributed by atoms with E-state index in [1.165, 1.54) is 4.31 Å². The molecule has 178 valence electrons. The van der Waals surface area contributed by atoms with E-state index >= 15 is 0 Å². The minimum absolute atomic E-state index is 0.0621. The quantitative estimate of drug-likeness (QED) is 0.539. The summed E-state index contributed by atoms with van der Waals surface area (Å²) >= 11 is 0. The first kappa shape index (κ1) is 22.8. The van der Waals surface area contributed by atoms with Crippen molar-refractivity contribution in [2.75, 3.05) is 39.4 Å². The predicted molar refractivity (Wildman–Crippen MR) is 130 cm³/mol. The molecular weight excluding hydrogens is 452 g/mol. The minimum Gasteiger partial charge on any atom is -0.490 e. The van der Waals surface area contributed by atoms with Gasteiger partial charge < -0.3 is 14.4 Å². The summed E-state index contributed by atoms with van der Waals surface area (Å²) in [5.74, 6) is 0.389. The van der Waals surface area contributed by atoms with Crippen molar-refractivity contribution in [3.8, 4) is 5.75 Å². The lowest BCUT2D eigenvalue weighted by atomic mass is 10.1. The van der Waals surface area contributed by atoms with Gasteiger partial charge in [0.2, 0.25) is 10.0 Å². The Hall–Kier alpha value is -2.94. The maximum absolute atomic E-state index is 13.2. The maximum atomic E-state index is 13.2. The van der Waals surface area contributed by atoms with Crippen LogP contribution in [0.5, 0.6) is 5.75 Å². The Balaban J connectivity index is 1.25. The van der Waals surface area contributed by atoms with Gasteiger partial charge in [0.1, 0.15) is 12.4 Å². The summed E-state index contributed by atoms with van der Waals surface area (Å²) in [5.41, 5.74) is 0.492. The van der Waals surface area contributed by atoms with Gasteiger partial charge in [0.05, 0.1) is 16.6 Å². The fourth-order valence-electron chi connectivity index (χ4n) is 4.51. The summed E-state index contributed by atoms with van der Waals surface area (Å²) in [7, 11) is -3.64. The number of rotatable bonds is 6. The van der Waals surface area contributed by atoms with Gasteiger partial charge in [-0.25, -0.2) is 8.42 Å². The van der Waals surface area contributed by atoms with Gasteiger partial charge in [-0.15, -0.1) is 0 Å². The molecule has 2 heterocycles. The van der Waals surface area contributed by atoms with Gasteiger partial charge in [-0.3, -0.25) is 4.79 Å². The number of piperazine rings is 1. The SMILES string of the molecule is O=C(c1ccccc1OCC1CCCO1)N1CCN(S(=O)(=O)c2ccc3ccccc3c2)CC1. The summed E-state index contributed by atoms with van der Waals surface area (Å²) in [6, 6.07) is 20.1. The Morgan fingerprint density at radius 1 is 0.941 bits per heavy atom. The molecule has 2 aliphatic rings. The molecule has 1 unspecified atom stereocenters. The van der Waals surface area contributed by atoms with E-state index in [2.05, 4.69) is 0 Å². The van der Waals surface area contributed by atoms with Crippen LogP contribution in [-0.4, -0.2) is 69.0 Å². The Morgan fingerprint density at radius 3 is 2.44 bits per heavy atom. The number of hydrogen-bond donors (Lipinski definition) is 0. The zero-order valence-corrected chi connectivity index (χ0v) is 19.7. The highest BCUT2D eigenvalue weighted by atomic mass is 32.2. The molecule has 1 atom stereocenters. The van der Waals surface area contributed by atoms with Crippen molar-refractivity contribution in [2.24, 2.45) is 0 Å². The molecule has 3 aromatic carbocycles. The van der Waals surface area contributed by atoms with E-state index in [1.54, 1.807) is 29.2 Å². The smallest absolute Gasteiger partial charge is 0.257 e. The van der Waals surface area contributed by atoms with Crippen LogP contribution in [0.1, 0.15) is 23.2 Å². The van der Waals surface area contributed by atoms with Crippen molar-refractivity contribution >= 4 is 26.7 Å². The second-order valence-electron chi connectivity index (χ2n) is 8.65. The van der Waals surface area contributed by atoms with E-state index < -0.39 is 10.0 Å². The number of para-hydroxylation sites is 1. The van der Waals surface area contributed by atoms with Gasteiger partial charge in [-0.2, -0.15) is 4.31 Å². The van der Waals surface area contributed by atoms with E-state index in [9.17, 15) is 13.2 Å². The van der Waals surface area contributed by atoms with Crippen molar-refractivity contribution in [2.45, 2.75) is 23.8 Å². The molecule has 0 spiro atoms. The zero-order chi connectivity index (χ0) is 23.5. The summed E-state index contributed by atoms with van der Waals surface area (Å²) in [5, 5.41) is 1.88. The lowest BCUT2D eigenvalue weighted by Gasteiger charge is -2.34. The molecule has 2 aliphatic heterocycles. The zero-order valence-electron chi connectivity index (χ0n) is 18.9. The number of carbonyl (C=O) groups is 1. The van der Waals surface area contributed by atoms with Crippen LogP contribution in [0, 0.1) is 0 Å². The van der Waals surface area contributed by atoms with Crippen LogP contribution in [0.25, 0.3) is 10.8 Å². The Morgan fingerprint density at radius 2 is 1.68 bits per heavy atom. The molecule has 7 nitrogen and oxygen atoms in total. The summed E-state index contributed by atoms with van der Waals surface area (Å²) in [6.45, 7) is 2.32. The van der Waals surface area contributed by atoms with Crippen LogP contribution in [0.3, 0.4) is 0 Å². The van der Waals surface area contributed by atoms with E-state index in [0.29, 0.717) is 31.0 Å². The second-order valence-corrected chi connectivity index (χ2v) is 10.6. The van der Waals surface area contributed by atoms with Crippen LogP contribution in [0.2, 0.25) is 0 Å². The number of nitrogens with zero attached hydrogens (tertiary/aromatic N) is 2. The fourth-order valence-corrected chi connectivity index (χ4v) is 5.96. The fraction of sp³-hybridized carbons (Fsp3) is 0.346. The number of ether oxygens (including phenoxy) is 2. The molecule has 0 aliphatic carbocycles. The molecule has 5 rings (SSSR count). The van der Waals surface area contributed by atoms with Gasteiger partial charge in [-0.05, 0) is 47.9 Å². The van der Waals surface area contributed by atoms with Crippen LogP contribution in [0.4, 0.5) is 0 Å². The molecule has 0 aromatic heterocycles. The Labute approximate surface area is 199 Å². The molecule has 0 saturated carbocycles. The molecule has 0 bridgehead atoms. The first-order chi connectivity index (χ1) is 16.5. The Bertz CT molecular complexity index is 1280. The van der Waals surface area contributed by atoms with Gasteiger partial charge in [0.25, 0.3) is 5.91 Å². The van der Waals surface area contributed by atoms with Crippen LogP contribution in [0.15, 0.2) is 71.6 Å². The lowest BCUT2D eigenvalue weighted by molar-refractivity contribution is 0.0632. The third kappa shape index (κ3) is 4.66. The molecular formula is C26H28N2O5S. The highest BCUT2D eigenvalue weighted by Gasteiger charge is 2.31.